The molecule has 2 N–H and O–H groups in total. The third-order valence-electron chi connectivity index (χ3n) is 1.92. The first-order chi connectivity index (χ1) is 6.27. The average molecular weight is 184 g/mol. The summed E-state index contributed by atoms with van der Waals surface area (Å²) in [6.45, 7) is 2.59. The molecule has 0 saturated heterocycles. The second kappa shape index (κ2) is 4.99. The van der Waals surface area contributed by atoms with E-state index in [0.717, 1.165) is 24.5 Å². The van der Waals surface area contributed by atoms with Gasteiger partial charge < -0.3 is 14.9 Å². The number of aryl methyl sites for hydroxylation is 1. The van der Waals surface area contributed by atoms with E-state index < -0.39 is 0 Å². The Morgan fingerprint density at radius 1 is 1.69 bits per heavy atom. The highest BCUT2D eigenvalue weighted by molar-refractivity contribution is 4.97. The minimum absolute atomic E-state index is 0.0286. The quantitative estimate of drug-likeness (QED) is 0.748. The highest BCUT2D eigenvalue weighted by Crippen LogP contribution is 2.16. The molecule has 1 atom stereocenters. The molecule has 13 heavy (non-hydrogen) atoms. The zero-order chi connectivity index (χ0) is 9.68. The van der Waals surface area contributed by atoms with Crippen molar-refractivity contribution in [1.82, 2.24) is 4.98 Å². The smallest absolute Gasteiger partial charge is 0.194 e. The van der Waals surface area contributed by atoms with E-state index >= 15 is 0 Å². The molecule has 0 fully saturated rings. The lowest BCUT2D eigenvalue weighted by molar-refractivity contribution is 0.0982. The maximum Gasteiger partial charge on any atom is 0.194 e. The van der Waals surface area contributed by atoms with Gasteiger partial charge in [-0.25, -0.2) is 4.98 Å². The first-order valence-electron chi connectivity index (χ1n) is 4.45. The van der Waals surface area contributed by atoms with Gasteiger partial charge in [0.05, 0.1) is 6.20 Å². The molecule has 0 saturated carbocycles. The Labute approximate surface area is 78.1 Å². The molecule has 0 aliphatic carbocycles. The van der Waals surface area contributed by atoms with Crippen molar-refractivity contribution in [1.29, 1.82) is 0 Å². The molecule has 4 heteroatoms. The number of methoxy groups -OCH3 is 1. The van der Waals surface area contributed by atoms with Gasteiger partial charge in [-0.15, -0.1) is 0 Å². The van der Waals surface area contributed by atoms with E-state index in [-0.39, 0.29) is 6.10 Å². The second-order valence-corrected chi connectivity index (χ2v) is 2.93. The lowest BCUT2D eigenvalue weighted by atomic mass is 10.3. The van der Waals surface area contributed by atoms with E-state index in [9.17, 15) is 0 Å². The Bertz CT molecular complexity index is 248. The fraction of sp³-hybridized carbons (Fsp3) is 0.667. The Balaban J connectivity index is 2.53. The third-order valence-corrected chi connectivity index (χ3v) is 1.92. The Kier molecular flexibility index (Phi) is 3.92. The van der Waals surface area contributed by atoms with Crippen LogP contribution >= 0.6 is 0 Å². The maximum atomic E-state index is 5.45. The van der Waals surface area contributed by atoms with E-state index in [0.29, 0.717) is 6.54 Å². The van der Waals surface area contributed by atoms with Crippen molar-refractivity contribution in [2.75, 3.05) is 13.7 Å². The molecule has 1 rings (SSSR count). The molecule has 1 unspecified atom stereocenters. The van der Waals surface area contributed by atoms with Crippen molar-refractivity contribution < 1.29 is 9.15 Å². The predicted molar refractivity (Wildman–Crippen MR) is 49.3 cm³/mol. The summed E-state index contributed by atoms with van der Waals surface area (Å²) in [5.41, 5.74) is 5.37. The Morgan fingerprint density at radius 2 is 2.46 bits per heavy atom. The van der Waals surface area contributed by atoms with Crippen LogP contribution < -0.4 is 5.73 Å². The van der Waals surface area contributed by atoms with Gasteiger partial charge in [-0.3, -0.25) is 0 Å². The average Bonchev–Trinajstić information content (AvgIpc) is 2.62. The van der Waals surface area contributed by atoms with Crippen molar-refractivity contribution in [3.05, 3.63) is 17.8 Å². The number of hydrogen-bond donors (Lipinski definition) is 1. The second-order valence-electron chi connectivity index (χ2n) is 2.93. The van der Waals surface area contributed by atoms with Crippen molar-refractivity contribution >= 4 is 0 Å². The summed E-state index contributed by atoms with van der Waals surface area (Å²) in [6, 6.07) is 0. The fourth-order valence-corrected chi connectivity index (χ4v) is 0.997. The Hall–Kier alpha value is -0.870. The van der Waals surface area contributed by atoms with Gasteiger partial charge in [0, 0.05) is 13.5 Å². The van der Waals surface area contributed by atoms with Crippen LogP contribution in [0, 0.1) is 0 Å². The number of oxazole rings is 1. The number of ether oxygens (including phenoxy) is 1. The highest BCUT2D eigenvalue weighted by atomic mass is 16.5. The van der Waals surface area contributed by atoms with E-state index in [1.807, 2.05) is 6.92 Å². The van der Waals surface area contributed by atoms with Crippen LogP contribution in [0.15, 0.2) is 10.6 Å². The van der Waals surface area contributed by atoms with E-state index in [1.165, 1.54) is 0 Å². The monoisotopic (exact) mass is 184 g/mol. The summed E-state index contributed by atoms with van der Waals surface area (Å²) >= 11 is 0. The van der Waals surface area contributed by atoms with Crippen LogP contribution in [0.25, 0.3) is 0 Å². The van der Waals surface area contributed by atoms with Crippen molar-refractivity contribution in [2.24, 2.45) is 5.73 Å². The third kappa shape index (κ3) is 2.82. The number of nitrogens with two attached hydrogens (primary N) is 1. The summed E-state index contributed by atoms with van der Waals surface area (Å²) in [6.07, 6.45) is 3.38. The molecule has 4 nitrogen and oxygen atoms in total. The van der Waals surface area contributed by atoms with Crippen LogP contribution in [0.1, 0.15) is 31.1 Å². The van der Waals surface area contributed by atoms with Crippen molar-refractivity contribution in [3.63, 3.8) is 0 Å². The molecule has 1 heterocycles. The largest absolute Gasteiger partial charge is 0.443 e. The van der Waals surface area contributed by atoms with Crippen molar-refractivity contribution in [3.8, 4) is 0 Å². The molecule has 1 aromatic heterocycles. The number of rotatable bonds is 5. The van der Waals surface area contributed by atoms with E-state index in [4.69, 9.17) is 14.9 Å². The standard InChI is InChI=1S/C9H16N2O2/c1-7(12-2)8-6-11-9(13-8)4-3-5-10/h6-7H,3-5,10H2,1-2H3. The van der Waals surface area contributed by atoms with Crippen LogP contribution in [0.2, 0.25) is 0 Å². The number of aromatic nitrogens is 1. The van der Waals surface area contributed by atoms with Crippen LogP contribution in [-0.2, 0) is 11.2 Å². The molecular formula is C9H16N2O2. The van der Waals surface area contributed by atoms with Gasteiger partial charge in [0.2, 0.25) is 0 Å². The van der Waals surface area contributed by atoms with Gasteiger partial charge in [-0.1, -0.05) is 0 Å². The lowest BCUT2D eigenvalue weighted by Crippen LogP contribution is -2.00. The van der Waals surface area contributed by atoms with Gasteiger partial charge in [0.1, 0.15) is 6.10 Å². The van der Waals surface area contributed by atoms with Gasteiger partial charge in [-0.05, 0) is 19.9 Å². The van der Waals surface area contributed by atoms with E-state index in [1.54, 1.807) is 13.3 Å². The van der Waals surface area contributed by atoms with Crippen LogP contribution in [-0.4, -0.2) is 18.6 Å². The molecular weight excluding hydrogens is 168 g/mol. The zero-order valence-electron chi connectivity index (χ0n) is 8.12. The van der Waals surface area contributed by atoms with Gasteiger partial charge >= 0.3 is 0 Å². The predicted octanol–water partition coefficient (Wildman–Crippen LogP) is 1.27. The maximum absolute atomic E-state index is 5.45. The molecule has 0 aliphatic heterocycles. The van der Waals surface area contributed by atoms with Crippen molar-refractivity contribution in [2.45, 2.75) is 25.9 Å². The summed E-state index contributed by atoms with van der Waals surface area (Å²) in [5, 5.41) is 0. The molecule has 74 valence electrons. The van der Waals surface area contributed by atoms with Crippen LogP contribution in [0.3, 0.4) is 0 Å². The van der Waals surface area contributed by atoms with Gasteiger partial charge in [-0.2, -0.15) is 0 Å². The highest BCUT2D eigenvalue weighted by Gasteiger charge is 2.09. The summed E-state index contributed by atoms with van der Waals surface area (Å²) in [4.78, 5) is 4.12. The summed E-state index contributed by atoms with van der Waals surface area (Å²) < 4.78 is 10.5. The van der Waals surface area contributed by atoms with E-state index in [2.05, 4.69) is 4.98 Å². The molecule has 0 spiro atoms. The minimum Gasteiger partial charge on any atom is -0.443 e. The molecule has 0 radical (unpaired) electrons. The van der Waals surface area contributed by atoms with Gasteiger partial charge in [0.25, 0.3) is 0 Å². The lowest BCUT2D eigenvalue weighted by Gasteiger charge is -2.03. The zero-order valence-corrected chi connectivity index (χ0v) is 8.12. The summed E-state index contributed by atoms with van der Waals surface area (Å²) in [5.74, 6) is 1.51. The first-order valence-corrected chi connectivity index (χ1v) is 4.45. The number of nitrogens with zero attached hydrogens (tertiary/aromatic N) is 1. The molecule has 0 aromatic carbocycles. The van der Waals surface area contributed by atoms with Crippen LogP contribution in [0.5, 0.6) is 0 Å². The summed E-state index contributed by atoms with van der Waals surface area (Å²) in [7, 11) is 1.65. The van der Waals surface area contributed by atoms with Crippen LogP contribution in [0.4, 0.5) is 0 Å². The fourth-order valence-electron chi connectivity index (χ4n) is 0.997. The number of hydrogen-bond acceptors (Lipinski definition) is 4. The van der Waals surface area contributed by atoms with Gasteiger partial charge in [0.15, 0.2) is 11.7 Å². The molecule has 0 aliphatic rings. The minimum atomic E-state index is -0.0286. The molecule has 0 amide bonds. The topological polar surface area (TPSA) is 61.3 Å². The molecule has 0 bridgehead atoms. The molecule has 1 aromatic rings. The Morgan fingerprint density at radius 3 is 3.08 bits per heavy atom. The normalized spacial score (nSPS) is 13.2. The first kappa shape index (κ1) is 10.2. The SMILES string of the molecule is COC(C)c1cnc(CCCN)o1.